The fourth-order valence-electron chi connectivity index (χ4n) is 2.82. The summed E-state index contributed by atoms with van der Waals surface area (Å²) in [5.74, 6) is -0.384. The van der Waals surface area contributed by atoms with Crippen molar-refractivity contribution in [3.63, 3.8) is 0 Å². The molecule has 2 rings (SSSR count). The number of carbonyl (C=O) groups excluding carboxylic acids is 2. The number of likely N-dealkylation sites (tertiary alicyclic amines) is 1. The predicted octanol–water partition coefficient (Wildman–Crippen LogP) is 2.34. The number of hydrogen-bond donors (Lipinski definition) is 0. The maximum atomic E-state index is 12.0. The smallest absolute Gasteiger partial charge is 0.410 e. The number of carbonyl (C=O) groups is 2. The van der Waals surface area contributed by atoms with Gasteiger partial charge in [-0.2, -0.15) is 0 Å². The maximum absolute atomic E-state index is 12.0. The number of hydrogen-bond acceptors (Lipinski definition) is 4. The highest BCUT2D eigenvalue weighted by Gasteiger charge is 2.31. The lowest BCUT2D eigenvalue weighted by atomic mass is 9.99. The molecule has 2 fully saturated rings. The average molecular weight is 269 g/mol. The number of nitrogens with zero attached hydrogens (tertiary/aromatic N) is 1. The van der Waals surface area contributed by atoms with Crippen LogP contribution < -0.4 is 0 Å². The van der Waals surface area contributed by atoms with Gasteiger partial charge < -0.3 is 14.4 Å². The van der Waals surface area contributed by atoms with Gasteiger partial charge in [-0.25, -0.2) is 4.79 Å². The molecule has 0 radical (unpaired) electrons. The molecule has 1 saturated carbocycles. The second-order valence-corrected chi connectivity index (χ2v) is 5.33. The second-order valence-electron chi connectivity index (χ2n) is 5.33. The summed E-state index contributed by atoms with van der Waals surface area (Å²) in [5, 5.41) is 0. The summed E-state index contributed by atoms with van der Waals surface area (Å²) < 4.78 is 10.5. The van der Waals surface area contributed by atoms with Crippen LogP contribution in [-0.4, -0.2) is 42.8 Å². The Morgan fingerprint density at radius 3 is 2.58 bits per heavy atom. The van der Waals surface area contributed by atoms with Crippen LogP contribution in [-0.2, 0) is 14.3 Å². The van der Waals surface area contributed by atoms with E-state index in [1.54, 1.807) is 11.8 Å². The van der Waals surface area contributed by atoms with Gasteiger partial charge in [0.15, 0.2) is 0 Å². The van der Waals surface area contributed by atoms with Crippen LogP contribution in [0.4, 0.5) is 4.79 Å². The minimum absolute atomic E-state index is 0.0791. The third-order valence-electron chi connectivity index (χ3n) is 3.87. The Bertz CT molecular complexity index is 325. The highest BCUT2D eigenvalue weighted by Crippen LogP contribution is 2.23. The Balaban J connectivity index is 1.82. The molecule has 0 aromatic heterocycles. The molecule has 1 heterocycles. The Morgan fingerprint density at radius 2 is 1.89 bits per heavy atom. The Labute approximate surface area is 114 Å². The SMILES string of the molecule is CCOC(=O)[C@@H]1CCCN(C(=O)OC2CCCC2)C1. The van der Waals surface area contributed by atoms with Crippen LogP contribution in [0.25, 0.3) is 0 Å². The molecule has 0 bridgehead atoms. The van der Waals surface area contributed by atoms with Crippen molar-refractivity contribution in [1.29, 1.82) is 0 Å². The second kappa shape index (κ2) is 6.78. The van der Waals surface area contributed by atoms with E-state index in [0.717, 1.165) is 38.5 Å². The van der Waals surface area contributed by atoms with Crippen LogP contribution in [0.2, 0.25) is 0 Å². The van der Waals surface area contributed by atoms with Crippen molar-refractivity contribution in [2.75, 3.05) is 19.7 Å². The van der Waals surface area contributed by atoms with Crippen molar-refractivity contribution >= 4 is 12.1 Å². The van der Waals surface area contributed by atoms with Gasteiger partial charge >= 0.3 is 12.1 Å². The standard InChI is InChI=1S/C14H23NO4/c1-2-18-13(16)11-6-5-9-15(10-11)14(17)19-12-7-3-4-8-12/h11-12H,2-10H2,1H3/t11-/m1/s1. The Morgan fingerprint density at radius 1 is 1.16 bits per heavy atom. The summed E-state index contributed by atoms with van der Waals surface area (Å²) >= 11 is 0. The van der Waals surface area contributed by atoms with E-state index in [-0.39, 0.29) is 24.1 Å². The molecule has 19 heavy (non-hydrogen) atoms. The topological polar surface area (TPSA) is 55.8 Å². The lowest BCUT2D eigenvalue weighted by molar-refractivity contribution is -0.149. The number of amides is 1. The first kappa shape index (κ1) is 14.2. The molecule has 5 heteroatoms. The van der Waals surface area contributed by atoms with Crippen molar-refractivity contribution in [3.8, 4) is 0 Å². The molecule has 0 aromatic carbocycles. The normalized spacial score (nSPS) is 24.3. The zero-order valence-electron chi connectivity index (χ0n) is 11.6. The van der Waals surface area contributed by atoms with Crippen molar-refractivity contribution in [1.82, 2.24) is 4.90 Å². The van der Waals surface area contributed by atoms with Gasteiger partial charge in [0.1, 0.15) is 6.10 Å². The summed E-state index contributed by atoms with van der Waals surface area (Å²) in [6.45, 7) is 3.31. The van der Waals surface area contributed by atoms with E-state index in [1.807, 2.05) is 0 Å². The van der Waals surface area contributed by atoms with Gasteiger partial charge in [-0.1, -0.05) is 0 Å². The molecule has 0 N–H and O–H groups in total. The molecule has 2 aliphatic rings. The van der Waals surface area contributed by atoms with Crippen LogP contribution in [0, 0.1) is 5.92 Å². The third kappa shape index (κ3) is 3.85. The molecule has 5 nitrogen and oxygen atoms in total. The minimum Gasteiger partial charge on any atom is -0.466 e. The first-order valence-electron chi connectivity index (χ1n) is 7.33. The van der Waals surface area contributed by atoms with E-state index in [4.69, 9.17) is 9.47 Å². The van der Waals surface area contributed by atoms with Gasteiger partial charge in [-0.15, -0.1) is 0 Å². The summed E-state index contributed by atoms with van der Waals surface area (Å²) in [7, 11) is 0. The maximum Gasteiger partial charge on any atom is 0.410 e. The molecule has 1 saturated heterocycles. The van der Waals surface area contributed by atoms with E-state index in [0.29, 0.717) is 19.7 Å². The average Bonchev–Trinajstić information content (AvgIpc) is 2.92. The lowest BCUT2D eigenvalue weighted by Crippen LogP contribution is -2.43. The highest BCUT2D eigenvalue weighted by molar-refractivity contribution is 5.74. The molecular formula is C14H23NO4. The molecule has 0 spiro atoms. The fourth-order valence-corrected chi connectivity index (χ4v) is 2.82. The van der Waals surface area contributed by atoms with Crippen LogP contribution in [0.1, 0.15) is 45.4 Å². The van der Waals surface area contributed by atoms with Crippen molar-refractivity contribution in [3.05, 3.63) is 0 Å². The zero-order chi connectivity index (χ0) is 13.7. The van der Waals surface area contributed by atoms with E-state index in [9.17, 15) is 9.59 Å². The minimum atomic E-state index is -0.263. The largest absolute Gasteiger partial charge is 0.466 e. The van der Waals surface area contributed by atoms with Crippen LogP contribution in [0.3, 0.4) is 0 Å². The van der Waals surface area contributed by atoms with E-state index >= 15 is 0 Å². The first-order valence-corrected chi connectivity index (χ1v) is 7.33. The number of piperidine rings is 1. The van der Waals surface area contributed by atoms with Crippen molar-refractivity contribution < 1.29 is 19.1 Å². The molecule has 1 atom stereocenters. The number of esters is 1. The van der Waals surface area contributed by atoms with Gasteiger partial charge in [0, 0.05) is 13.1 Å². The summed E-state index contributed by atoms with van der Waals surface area (Å²) in [6.07, 6.45) is 5.68. The first-order chi connectivity index (χ1) is 9.20. The fraction of sp³-hybridized carbons (Fsp3) is 0.857. The van der Waals surface area contributed by atoms with Gasteiger partial charge in [-0.3, -0.25) is 4.79 Å². The molecule has 1 aliphatic carbocycles. The van der Waals surface area contributed by atoms with Crippen LogP contribution in [0.15, 0.2) is 0 Å². The molecule has 108 valence electrons. The zero-order valence-corrected chi connectivity index (χ0v) is 11.6. The van der Waals surface area contributed by atoms with Crippen LogP contribution in [0.5, 0.6) is 0 Å². The van der Waals surface area contributed by atoms with Gasteiger partial charge in [-0.05, 0) is 45.4 Å². The van der Waals surface area contributed by atoms with E-state index < -0.39 is 0 Å². The van der Waals surface area contributed by atoms with Gasteiger partial charge in [0.25, 0.3) is 0 Å². The van der Waals surface area contributed by atoms with E-state index in [2.05, 4.69) is 0 Å². The molecule has 1 amide bonds. The summed E-state index contributed by atoms with van der Waals surface area (Å²) in [6, 6.07) is 0. The molecule has 0 aromatic rings. The number of rotatable bonds is 3. The Hall–Kier alpha value is -1.26. The van der Waals surface area contributed by atoms with E-state index in [1.165, 1.54) is 0 Å². The van der Waals surface area contributed by atoms with Crippen LogP contribution >= 0.6 is 0 Å². The third-order valence-corrected chi connectivity index (χ3v) is 3.87. The van der Waals surface area contributed by atoms with Gasteiger partial charge in [0.2, 0.25) is 0 Å². The molecule has 1 aliphatic heterocycles. The van der Waals surface area contributed by atoms with Crippen molar-refractivity contribution in [2.24, 2.45) is 5.92 Å². The predicted molar refractivity (Wildman–Crippen MR) is 69.7 cm³/mol. The van der Waals surface area contributed by atoms with Crippen molar-refractivity contribution in [2.45, 2.75) is 51.6 Å². The quantitative estimate of drug-likeness (QED) is 0.738. The Kier molecular flexibility index (Phi) is 5.05. The van der Waals surface area contributed by atoms with Gasteiger partial charge in [0.05, 0.1) is 12.5 Å². The molecular weight excluding hydrogens is 246 g/mol. The number of ether oxygens (including phenoxy) is 2. The summed E-state index contributed by atoms with van der Waals surface area (Å²) in [5.41, 5.74) is 0. The molecule has 0 unspecified atom stereocenters. The monoisotopic (exact) mass is 269 g/mol. The lowest BCUT2D eigenvalue weighted by Gasteiger charge is -2.31. The highest BCUT2D eigenvalue weighted by atomic mass is 16.6. The summed E-state index contributed by atoms with van der Waals surface area (Å²) in [4.78, 5) is 25.4.